The molecule has 0 aliphatic heterocycles. The Bertz CT molecular complexity index is 462. The lowest BCUT2D eigenvalue weighted by Crippen LogP contribution is -2.03. The summed E-state index contributed by atoms with van der Waals surface area (Å²) in [5, 5.41) is 3.11. The number of aryl methyl sites for hydroxylation is 1. The van der Waals surface area contributed by atoms with Gasteiger partial charge in [-0.15, -0.1) is 0 Å². The molecule has 0 aliphatic carbocycles. The van der Waals surface area contributed by atoms with Crippen LogP contribution in [-0.4, -0.2) is 21.6 Å². The average Bonchev–Trinajstić information content (AvgIpc) is 2.76. The van der Waals surface area contributed by atoms with Crippen molar-refractivity contribution in [3.63, 3.8) is 0 Å². The van der Waals surface area contributed by atoms with Gasteiger partial charge in [0.15, 0.2) is 0 Å². The van der Waals surface area contributed by atoms with Gasteiger partial charge in [0.2, 0.25) is 0 Å². The Hall–Kier alpha value is -1.84. The molecule has 0 unspecified atom stereocenters. The Balaban J connectivity index is 2.20. The molecule has 0 amide bonds. The van der Waals surface area contributed by atoms with Crippen molar-refractivity contribution < 1.29 is 0 Å². The molecular formula is C12H16N4. The molecule has 2 heterocycles. The van der Waals surface area contributed by atoms with Crippen molar-refractivity contribution in [3.05, 3.63) is 42.2 Å². The Morgan fingerprint density at radius 2 is 2.19 bits per heavy atom. The highest BCUT2D eigenvalue weighted by atomic mass is 15.1. The van der Waals surface area contributed by atoms with Crippen molar-refractivity contribution >= 4 is 5.69 Å². The summed E-state index contributed by atoms with van der Waals surface area (Å²) in [4.78, 5) is 8.68. The van der Waals surface area contributed by atoms with Gasteiger partial charge < -0.3 is 9.88 Å². The van der Waals surface area contributed by atoms with Crippen LogP contribution in [0, 0.1) is 0 Å². The first-order valence-corrected chi connectivity index (χ1v) is 5.46. The first-order chi connectivity index (χ1) is 7.83. The largest absolute Gasteiger partial charge is 0.388 e. The molecule has 0 atom stereocenters. The summed E-state index contributed by atoms with van der Waals surface area (Å²) in [6, 6.07) is 4.00. The van der Waals surface area contributed by atoms with Gasteiger partial charge in [-0.2, -0.15) is 0 Å². The summed E-state index contributed by atoms with van der Waals surface area (Å²) < 4.78 is 2.13. The summed E-state index contributed by atoms with van der Waals surface area (Å²) in [5.74, 6) is 1.06. The van der Waals surface area contributed by atoms with Gasteiger partial charge in [-0.25, -0.2) is 4.98 Å². The van der Waals surface area contributed by atoms with E-state index in [0.717, 1.165) is 30.2 Å². The monoisotopic (exact) mass is 216 g/mol. The predicted molar refractivity (Wildman–Crippen MR) is 64.5 cm³/mol. The summed E-state index contributed by atoms with van der Waals surface area (Å²) in [5.41, 5.74) is 2.12. The van der Waals surface area contributed by atoms with Crippen LogP contribution in [0.1, 0.15) is 18.4 Å². The van der Waals surface area contributed by atoms with E-state index in [4.69, 9.17) is 0 Å². The fourth-order valence-corrected chi connectivity index (χ4v) is 1.69. The van der Waals surface area contributed by atoms with Crippen LogP contribution in [0.15, 0.2) is 30.7 Å². The van der Waals surface area contributed by atoms with E-state index in [-0.39, 0.29) is 0 Å². The first-order valence-electron chi connectivity index (χ1n) is 5.46. The maximum atomic E-state index is 4.34. The number of pyridine rings is 1. The number of aromatic nitrogens is 3. The van der Waals surface area contributed by atoms with Crippen LogP contribution in [0.4, 0.5) is 5.69 Å². The molecule has 84 valence electrons. The van der Waals surface area contributed by atoms with E-state index in [1.165, 1.54) is 0 Å². The summed E-state index contributed by atoms with van der Waals surface area (Å²) in [6.45, 7) is 3.06. The Labute approximate surface area is 95.4 Å². The van der Waals surface area contributed by atoms with Gasteiger partial charge in [0, 0.05) is 50.0 Å². The maximum absolute atomic E-state index is 4.34. The van der Waals surface area contributed by atoms with Crippen LogP contribution in [0.5, 0.6) is 0 Å². The Morgan fingerprint density at radius 1 is 1.31 bits per heavy atom. The van der Waals surface area contributed by atoms with Crippen LogP contribution in [0.3, 0.4) is 0 Å². The molecule has 2 rings (SSSR count). The fraction of sp³-hybridized carbons (Fsp3) is 0.333. The van der Waals surface area contributed by atoms with Crippen LogP contribution >= 0.6 is 0 Å². The van der Waals surface area contributed by atoms with E-state index >= 15 is 0 Å². The van der Waals surface area contributed by atoms with Gasteiger partial charge in [-0.3, -0.25) is 4.98 Å². The summed E-state index contributed by atoms with van der Waals surface area (Å²) in [6.07, 6.45) is 6.43. The highest BCUT2D eigenvalue weighted by Gasteiger charge is 2.04. The second kappa shape index (κ2) is 4.79. The van der Waals surface area contributed by atoms with Gasteiger partial charge in [0.25, 0.3) is 0 Å². The lowest BCUT2D eigenvalue weighted by Gasteiger charge is -2.05. The fourth-order valence-electron chi connectivity index (χ4n) is 1.69. The number of nitrogens with one attached hydrogen (secondary N) is 1. The van der Waals surface area contributed by atoms with Gasteiger partial charge >= 0.3 is 0 Å². The average molecular weight is 216 g/mol. The van der Waals surface area contributed by atoms with Crippen LogP contribution < -0.4 is 5.32 Å². The molecule has 16 heavy (non-hydrogen) atoms. The molecule has 2 aromatic heterocycles. The molecule has 0 spiro atoms. The topological polar surface area (TPSA) is 42.7 Å². The molecule has 0 radical (unpaired) electrons. The molecule has 4 heteroatoms. The number of anilines is 1. The van der Waals surface area contributed by atoms with E-state index in [2.05, 4.69) is 32.8 Å². The number of rotatable bonds is 4. The first kappa shape index (κ1) is 10.7. The normalized spacial score (nSPS) is 10.4. The van der Waals surface area contributed by atoms with Gasteiger partial charge in [-0.1, -0.05) is 0 Å². The van der Waals surface area contributed by atoms with Crippen molar-refractivity contribution in [2.24, 2.45) is 0 Å². The SMILES string of the molecule is CCn1ccnc1Cc1cc(NC)ccn1. The molecule has 0 aliphatic rings. The minimum atomic E-state index is 0.774. The molecule has 0 bridgehead atoms. The smallest absolute Gasteiger partial charge is 0.114 e. The lowest BCUT2D eigenvalue weighted by molar-refractivity contribution is 0.708. The van der Waals surface area contributed by atoms with E-state index in [9.17, 15) is 0 Å². The van der Waals surface area contributed by atoms with E-state index in [1.54, 1.807) is 0 Å². The standard InChI is InChI=1S/C12H16N4/c1-3-16-7-6-15-12(16)9-11-8-10(13-2)4-5-14-11/h4-8H,3,9H2,1-2H3,(H,13,14). The van der Waals surface area contributed by atoms with E-state index in [0.29, 0.717) is 0 Å². The van der Waals surface area contributed by atoms with Crippen molar-refractivity contribution in [3.8, 4) is 0 Å². The highest BCUT2D eigenvalue weighted by Crippen LogP contribution is 2.10. The molecule has 1 N–H and O–H groups in total. The van der Waals surface area contributed by atoms with Crippen LogP contribution in [0.25, 0.3) is 0 Å². The van der Waals surface area contributed by atoms with E-state index < -0.39 is 0 Å². The molecule has 0 saturated heterocycles. The van der Waals surface area contributed by atoms with Gasteiger partial charge in [0.1, 0.15) is 5.82 Å². The van der Waals surface area contributed by atoms with Crippen molar-refractivity contribution in [1.82, 2.24) is 14.5 Å². The van der Waals surface area contributed by atoms with Gasteiger partial charge in [0.05, 0.1) is 0 Å². The number of hydrogen-bond donors (Lipinski definition) is 1. The third kappa shape index (κ3) is 2.21. The molecule has 4 nitrogen and oxygen atoms in total. The minimum Gasteiger partial charge on any atom is -0.388 e. The molecular weight excluding hydrogens is 200 g/mol. The summed E-state index contributed by atoms with van der Waals surface area (Å²) >= 11 is 0. The van der Waals surface area contributed by atoms with E-state index in [1.807, 2.05) is 31.7 Å². The molecule has 2 aromatic rings. The second-order valence-corrected chi connectivity index (χ2v) is 3.59. The zero-order valence-corrected chi connectivity index (χ0v) is 9.64. The van der Waals surface area contributed by atoms with Gasteiger partial charge in [-0.05, 0) is 19.1 Å². The zero-order chi connectivity index (χ0) is 11.4. The third-order valence-electron chi connectivity index (χ3n) is 2.59. The number of hydrogen-bond acceptors (Lipinski definition) is 3. The zero-order valence-electron chi connectivity index (χ0n) is 9.64. The van der Waals surface area contributed by atoms with Crippen molar-refractivity contribution in [2.45, 2.75) is 19.9 Å². The highest BCUT2D eigenvalue weighted by molar-refractivity contribution is 5.42. The number of imidazole rings is 1. The second-order valence-electron chi connectivity index (χ2n) is 3.59. The minimum absolute atomic E-state index is 0.774. The Kier molecular flexibility index (Phi) is 3.19. The molecule has 0 saturated carbocycles. The molecule has 0 fully saturated rings. The van der Waals surface area contributed by atoms with Crippen molar-refractivity contribution in [1.29, 1.82) is 0 Å². The Morgan fingerprint density at radius 3 is 2.94 bits per heavy atom. The number of nitrogens with zero attached hydrogens (tertiary/aromatic N) is 3. The van der Waals surface area contributed by atoms with Crippen LogP contribution in [0.2, 0.25) is 0 Å². The quantitative estimate of drug-likeness (QED) is 0.849. The third-order valence-corrected chi connectivity index (χ3v) is 2.59. The lowest BCUT2D eigenvalue weighted by atomic mass is 10.2. The van der Waals surface area contributed by atoms with Crippen molar-refractivity contribution in [2.75, 3.05) is 12.4 Å². The maximum Gasteiger partial charge on any atom is 0.114 e. The summed E-state index contributed by atoms with van der Waals surface area (Å²) in [7, 11) is 1.91. The molecule has 0 aromatic carbocycles. The van der Waals surface area contributed by atoms with Crippen LogP contribution in [-0.2, 0) is 13.0 Å². The predicted octanol–water partition coefficient (Wildman–Crippen LogP) is 1.93.